The number of carbonyl (C=O) groups excluding carboxylic acids is 1. The van der Waals surface area contributed by atoms with Crippen molar-refractivity contribution in [3.05, 3.63) is 59.1 Å². The van der Waals surface area contributed by atoms with Crippen LogP contribution in [-0.2, 0) is 11.2 Å². The Morgan fingerprint density at radius 2 is 1.96 bits per heavy atom. The normalized spacial score (nSPS) is 10.5. The molecule has 0 aliphatic heterocycles. The molecule has 0 saturated carbocycles. The van der Waals surface area contributed by atoms with Gasteiger partial charge in [0.1, 0.15) is 0 Å². The molecule has 1 amide bonds. The lowest BCUT2D eigenvalue weighted by atomic mass is 10.1. The van der Waals surface area contributed by atoms with Crippen LogP contribution in [0.3, 0.4) is 0 Å². The fourth-order valence-electron chi connectivity index (χ4n) is 2.25. The highest BCUT2D eigenvalue weighted by Crippen LogP contribution is 2.32. The zero-order valence-electron chi connectivity index (χ0n) is 12.2. The van der Waals surface area contributed by atoms with Crippen molar-refractivity contribution in [3.63, 3.8) is 0 Å². The molecule has 0 bridgehead atoms. The number of hydrogen-bond acceptors (Lipinski definition) is 4. The molecular formula is C16H14ClN5O. The highest BCUT2D eigenvalue weighted by atomic mass is 35.5. The van der Waals surface area contributed by atoms with Crippen LogP contribution in [0.5, 0.6) is 0 Å². The summed E-state index contributed by atoms with van der Waals surface area (Å²) in [5.74, 6) is 0.318. The van der Waals surface area contributed by atoms with Crippen molar-refractivity contribution >= 4 is 23.2 Å². The molecule has 3 rings (SSSR count). The second-order valence-electron chi connectivity index (χ2n) is 4.95. The van der Waals surface area contributed by atoms with E-state index in [0.29, 0.717) is 34.9 Å². The summed E-state index contributed by atoms with van der Waals surface area (Å²) < 4.78 is 0. The van der Waals surface area contributed by atoms with E-state index in [-0.39, 0.29) is 5.91 Å². The van der Waals surface area contributed by atoms with Crippen LogP contribution >= 0.6 is 11.6 Å². The summed E-state index contributed by atoms with van der Waals surface area (Å²) >= 11 is 6.21. The van der Waals surface area contributed by atoms with Crippen molar-refractivity contribution in [1.29, 1.82) is 0 Å². The molecule has 0 fully saturated rings. The lowest BCUT2D eigenvalue weighted by molar-refractivity contribution is -0.116. The lowest BCUT2D eigenvalue weighted by Crippen LogP contribution is -2.13. The first-order chi connectivity index (χ1) is 11.2. The number of anilines is 1. The van der Waals surface area contributed by atoms with Crippen molar-refractivity contribution < 1.29 is 4.79 Å². The number of aromatic amines is 1. The molecule has 0 atom stereocenters. The molecule has 0 radical (unpaired) electrons. The molecule has 0 spiro atoms. The van der Waals surface area contributed by atoms with Crippen LogP contribution in [-0.4, -0.2) is 26.5 Å². The Bertz CT molecular complexity index is 789. The van der Waals surface area contributed by atoms with Gasteiger partial charge in [0.25, 0.3) is 0 Å². The van der Waals surface area contributed by atoms with Crippen LogP contribution in [0.25, 0.3) is 11.4 Å². The Labute approximate surface area is 137 Å². The number of benzene rings is 2. The van der Waals surface area contributed by atoms with Crippen LogP contribution in [0.2, 0.25) is 5.02 Å². The van der Waals surface area contributed by atoms with Crippen LogP contribution < -0.4 is 5.32 Å². The highest BCUT2D eigenvalue weighted by molar-refractivity contribution is 6.34. The molecule has 6 nitrogen and oxygen atoms in total. The molecule has 0 aliphatic rings. The quantitative estimate of drug-likeness (QED) is 0.754. The number of nitrogens with zero attached hydrogens (tertiary/aromatic N) is 3. The van der Waals surface area contributed by atoms with E-state index in [1.165, 1.54) is 0 Å². The number of rotatable bonds is 5. The number of tetrazole rings is 1. The molecule has 0 saturated heterocycles. The van der Waals surface area contributed by atoms with E-state index in [4.69, 9.17) is 11.6 Å². The van der Waals surface area contributed by atoms with E-state index in [1.54, 1.807) is 18.2 Å². The van der Waals surface area contributed by atoms with Gasteiger partial charge in [-0.15, -0.1) is 5.10 Å². The Kier molecular flexibility index (Phi) is 4.63. The van der Waals surface area contributed by atoms with Crippen LogP contribution in [0, 0.1) is 0 Å². The van der Waals surface area contributed by atoms with E-state index in [9.17, 15) is 4.79 Å². The summed E-state index contributed by atoms with van der Waals surface area (Å²) in [6.07, 6.45) is 1.05. The minimum absolute atomic E-state index is 0.0927. The zero-order chi connectivity index (χ0) is 16.1. The molecule has 0 unspecified atom stereocenters. The van der Waals surface area contributed by atoms with Crippen molar-refractivity contribution in [1.82, 2.24) is 20.6 Å². The summed E-state index contributed by atoms with van der Waals surface area (Å²) in [5.41, 5.74) is 2.27. The maximum absolute atomic E-state index is 12.2. The molecule has 7 heteroatoms. The second-order valence-corrected chi connectivity index (χ2v) is 5.35. The molecule has 3 aromatic rings. The molecular weight excluding hydrogens is 314 g/mol. The number of amides is 1. The van der Waals surface area contributed by atoms with Crippen LogP contribution in [0.4, 0.5) is 5.69 Å². The van der Waals surface area contributed by atoms with E-state index in [1.807, 2.05) is 30.3 Å². The van der Waals surface area contributed by atoms with Gasteiger partial charge in [-0.1, -0.05) is 48.0 Å². The first-order valence-corrected chi connectivity index (χ1v) is 7.48. The van der Waals surface area contributed by atoms with Gasteiger partial charge in [-0.05, 0) is 34.5 Å². The standard InChI is InChI=1S/C16H14ClN5O/c17-12-7-4-8-13(15(12)16-19-21-22-20-16)18-14(23)10-9-11-5-2-1-3-6-11/h1-8H,9-10H2,(H,18,23)(H,19,20,21,22). The number of nitrogens with one attached hydrogen (secondary N) is 2. The monoisotopic (exact) mass is 327 g/mol. The number of aryl methyl sites for hydroxylation is 1. The highest BCUT2D eigenvalue weighted by Gasteiger charge is 2.14. The lowest BCUT2D eigenvalue weighted by Gasteiger charge is -2.10. The fraction of sp³-hybridized carbons (Fsp3) is 0.125. The van der Waals surface area contributed by atoms with Crippen molar-refractivity contribution in [2.45, 2.75) is 12.8 Å². The number of carbonyl (C=O) groups is 1. The minimum Gasteiger partial charge on any atom is -0.325 e. The van der Waals surface area contributed by atoms with Crippen LogP contribution in [0.1, 0.15) is 12.0 Å². The maximum atomic E-state index is 12.2. The zero-order valence-corrected chi connectivity index (χ0v) is 12.9. The molecule has 0 aliphatic carbocycles. The summed E-state index contributed by atoms with van der Waals surface area (Å²) in [6.45, 7) is 0. The Morgan fingerprint density at radius 3 is 2.70 bits per heavy atom. The van der Waals surface area contributed by atoms with E-state index in [2.05, 4.69) is 25.9 Å². The van der Waals surface area contributed by atoms with Gasteiger partial charge >= 0.3 is 0 Å². The summed E-state index contributed by atoms with van der Waals surface area (Å²) in [4.78, 5) is 12.2. The van der Waals surface area contributed by atoms with Gasteiger partial charge in [-0.3, -0.25) is 4.79 Å². The fourth-order valence-corrected chi connectivity index (χ4v) is 2.51. The number of H-pyrrole nitrogens is 1. The third-order valence-electron chi connectivity index (χ3n) is 3.35. The first-order valence-electron chi connectivity index (χ1n) is 7.10. The van der Waals surface area contributed by atoms with Gasteiger partial charge in [0.05, 0.1) is 16.3 Å². The van der Waals surface area contributed by atoms with Crippen LogP contribution in [0.15, 0.2) is 48.5 Å². The first kappa shape index (κ1) is 15.2. The van der Waals surface area contributed by atoms with E-state index < -0.39 is 0 Å². The Hall–Kier alpha value is -2.73. The number of halogens is 1. The van der Waals surface area contributed by atoms with Gasteiger partial charge in [0.2, 0.25) is 5.91 Å². The van der Waals surface area contributed by atoms with Gasteiger partial charge in [-0.2, -0.15) is 0 Å². The summed E-state index contributed by atoms with van der Waals surface area (Å²) in [6, 6.07) is 15.1. The van der Waals surface area contributed by atoms with Crippen molar-refractivity contribution in [3.8, 4) is 11.4 Å². The third-order valence-corrected chi connectivity index (χ3v) is 3.67. The predicted molar refractivity (Wildman–Crippen MR) is 88.0 cm³/mol. The molecule has 2 N–H and O–H groups in total. The van der Waals surface area contributed by atoms with Gasteiger partial charge < -0.3 is 5.32 Å². The molecule has 23 heavy (non-hydrogen) atoms. The summed E-state index contributed by atoms with van der Waals surface area (Å²) in [5, 5.41) is 16.9. The largest absolute Gasteiger partial charge is 0.325 e. The molecule has 2 aromatic carbocycles. The van der Waals surface area contributed by atoms with Crippen molar-refractivity contribution in [2.24, 2.45) is 0 Å². The van der Waals surface area contributed by atoms with Gasteiger partial charge in [0, 0.05) is 6.42 Å². The van der Waals surface area contributed by atoms with E-state index >= 15 is 0 Å². The average molecular weight is 328 g/mol. The molecule has 1 aromatic heterocycles. The van der Waals surface area contributed by atoms with Gasteiger partial charge in [0.15, 0.2) is 5.82 Å². The number of aromatic nitrogens is 4. The minimum atomic E-state index is -0.0927. The summed E-state index contributed by atoms with van der Waals surface area (Å²) in [7, 11) is 0. The smallest absolute Gasteiger partial charge is 0.224 e. The molecule has 1 heterocycles. The van der Waals surface area contributed by atoms with E-state index in [0.717, 1.165) is 5.56 Å². The maximum Gasteiger partial charge on any atom is 0.224 e. The third kappa shape index (κ3) is 3.73. The number of hydrogen-bond donors (Lipinski definition) is 2. The second kappa shape index (κ2) is 7.02. The Balaban J connectivity index is 1.73. The SMILES string of the molecule is O=C(CCc1ccccc1)Nc1cccc(Cl)c1-c1nnn[nH]1. The average Bonchev–Trinajstić information content (AvgIpc) is 3.08. The van der Waals surface area contributed by atoms with Crippen molar-refractivity contribution in [2.75, 3.05) is 5.32 Å². The Morgan fingerprint density at radius 1 is 1.13 bits per heavy atom. The molecule has 116 valence electrons. The topological polar surface area (TPSA) is 83.6 Å². The van der Waals surface area contributed by atoms with Gasteiger partial charge in [-0.25, -0.2) is 5.10 Å². The predicted octanol–water partition coefficient (Wildman–Crippen LogP) is 3.09.